The Labute approximate surface area is 163 Å². The van der Waals surface area contributed by atoms with Gasteiger partial charge in [0.25, 0.3) is 5.91 Å². The molecule has 0 saturated carbocycles. The third-order valence-corrected chi connectivity index (χ3v) is 4.09. The van der Waals surface area contributed by atoms with Gasteiger partial charge in [0.05, 0.1) is 20.6 Å². The van der Waals surface area contributed by atoms with E-state index < -0.39 is 5.97 Å². The standard InChI is InChI=1S/C20H22ClNO5/c1-25-17-6-4-3-5-14(17)9-10-22-19(23)13-27-20(24)12-15-11-16(21)7-8-18(15)26-2/h3-8,11H,9-10,12-13H2,1-2H3,(H,22,23). The molecule has 0 saturated heterocycles. The van der Waals surface area contributed by atoms with E-state index in [1.165, 1.54) is 7.11 Å². The van der Waals surface area contributed by atoms with E-state index in [1.807, 2.05) is 24.3 Å². The number of hydrogen-bond acceptors (Lipinski definition) is 5. The van der Waals surface area contributed by atoms with Crippen molar-refractivity contribution in [3.05, 3.63) is 58.6 Å². The maximum absolute atomic E-state index is 12.0. The van der Waals surface area contributed by atoms with Gasteiger partial charge in [0.2, 0.25) is 0 Å². The molecule has 0 radical (unpaired) electrons. The number of methoxy groups -OCH3 is 2. The predicted molar refractivity (Wildman–Crippen MR) is 102 cm³/mol. The fourth-order valence-corrected chi connectivity index (χ4v) is 2.73. The molecule has 2 aromatic carbocycles. The van der Waals surface area contributed by atoms with Crippen molar-refractivity contribution in [3.63, 3.8) is 0 Å². The van der Waals surface area contributed by atoms with Crippen LogP contribution in [0.4, 0.5) is 0 Å². The van der Waals surface area contributed by atoms with Crippen molar-refractivity contribution in [1.29, 1.82) is 0 Å². The Morgan fingerprint density at radius 2 is 1.70 bits per heavy atom. The number of amides is 1. The van der Waals surface area contributed by atoms with Crippen molar-refractivity contribution in [2.24, 2.45) is 0 Å². The molecule has 0 aliphatic rings. The fraction of sp³-hybridized carbons (Fsp3) is 0.300. The molecule has 0 atom stereocenters. The summed E-state index contributed by atoms with van der Waals surface area (Å²) in [5.41, 5.74) is 1.59. The number of para-hydroxylation sites is 1. The van der Waals surface area contributed by atoms with Gasteiger partial charge in [-0.15, -0.1) is 0 Å². The Kier molecular flexibility index (Phi) is 7.95. The van der Waals surface area contributed by atoms with E-state index in [0.717, 1.165) is 11.3 Å². The maximum Gasteiger partial charge on any atom is 0.310 e. The number of nitrogens with one attached hydrogen (secondary N) is 1. The first kappa shape index (κ1) is 20.6. The molecule has 2 aromatic rings. The molecule has 0 heterocycles. The van der Waals surface area contributed by atoms with Gasteiger partial charge < -0.3 is 19.5 Å². The summed E-state index contributed by atoms with van der Waals surface area (Å²) in [7, 11) is 3.11. The first-order valence-corrected chi connectivity index (χ1v) is 8.78. The summed E-state index contributed by atoms with van der Waals surface area (Å²) in [5.74, 6) is 0.415. The summed E-state index contributed by atoms with van der Waals surface area (Å²) in [6.07, 6.45) is 0.585. The van der Waals surface area contributed by atoms with Crippen molar-refractivity contribution in [2.45, 2.75) is 12.8 Å². The van der Waals surface area contributed by atoms with Crippen LogP contribution < -0.4 is 14.8 Å². The lowest BCUT2D eigenvalue weighted by atomic mass is 10.1. The SMILES string of the molecule is COc1ccccc1CCNC(=O)COC(=O)Cc1cc(Cl)ccc1OC. The molecular formula is C20H22ClNO5. The van der Waals surface area contributed by atoms with E-state index >= 15 is 0 Å². The quantitative estimate of drug-likeness (QED) is 0.665. The minimum atomic E-state index is -0.532. The van der Waals surface area contributed by atoms with Gasteiger partial charge in [0, 0.05) is 17.1 Å². The topological polar surface area (TPSA) is 73.9 Å². The van der Waals surface area contributed by atoms with Crippen molar-refractivity contribution in [2.75, 3.05) is 27.4 Å². The number of ether oxygens (including phenoxy) is 3. The largest absolute Gasteiger partial charge is 0.496 e. The van der Waals surface area contributed by atoms with Gasteiger partial charge >= 0.3 is 5.97 Å². The zero-order valence-electron chi connectivity index (χ0n) is 15.3. The van der Waals surface area contributed by atoms with Gasteiger partial charge in [-0.05, 0) is 36.2 Å². The van der Waals surface area contributed by atoms with Crippen LogP contribution in [0.25, 0.3) is 0 Å². The second-order valence-corrected chi connectivity index (χ2v) is 6.14. The van der Waals surface area contributed by atoms with Crippen LogP contribution in [0.3, 0.4) is 0 Å². The lowest BCUT2D eigenvalue weighted by molar-refractivity contribution is -0.147. The summed E-state index contributed by atoms with van der Waals surface area (Å²) in [6.45, 7) is 0.0759. The fourth-order valence-electron chi connectivity index (χ4n) is 2.53. The van der Waals surface area contributed by atoms with Gasteiger partial charge in [0.1, 0.15) is 11.5 Å². The summed E-state index contributed by atoms with van der Waals surface area (Å²) in [4.78, 5) is 23.8. The van der Waals surface area contributed by atoms with Gasteiger partial charge in [-0.2, -0.15) is 0 Å². The van der Waals surface area contributed by atoms with Gasteiger partial charge in [-0.25, -0.2) is 0 Å². The average molecular weight is 392 g/mol. The summed E-state index contributed by atoms with van der Waals surface area (Å²) >= 11 is 5.93. The number of carbonyl (C=O) groups excluding carboxylic acids is 2. The minimum absolute atomic E-state index is 0.0295. The maximum atomic E-state index is 12.0. The van der Waals surface area contributed by atoms with Crippen LogP contribution in [0.5, 0.6) is 11.5 Å². The number of halogens is 1. The van der Waals surface area contributed by atoms with Crippen LogP contribution in [-0.4, -0.2) is 39.2 Å². The summed E-state index contributed by atoms with van der Waals surface area (Å²) in [5, 5.41) is 3.21. The molecule has 1 amide bonds. The molecule has 2 rings (SSSR count). The second-order valence-electron chi connectivity index (χ2n) is 5.71. The second kappa shape index (κ2) is 10.4. The van der Waals surface area contributed by atoms with Crippen LogP contribution in [-0.2, 0) is 27.2 Å². The molecular weight excluding hydrogens is 370 g/mol. The van der Waals surface area contributed by atoms with E-state index in [4.69, 9.17) is 25.8 Å². The van der Waals surface area contributed by atoms with E-state index in [9.17, 15) is 9.59 Å². The molecule has 27 heavy (non-hydrogen) atoms. The molecule has 0 fully saturated rings. The smallest absolute Gasteiger partial charge is 0.310 e. The van der Waals surface area contributed by atoms with E-state index in [2.05, 4.69) is 5.32 Å². The first-order valence-electron chi connectivity index (χ1n) is 8.40. The average Bonchev–Trinajstić information content (AvgIpc) is 2.67. The van der Waals surface area contributed by atoms with Gasteiger partial charge in [0.15, 0.2) is 6.61 Å². The van der Waals surface area contributed by atoms with E-state index in [-0.39, 0.29) is 18.9 Å². The zero-order valence-corrected chi connectivity index (χ0v) is 16.0. The number of carbonyl (C=O) groups is 2. The molecule has 0 bridgehead atoms. The normalized spacial score (nSPS) is 10.2. The molecule has 1 N–H and O–H groups in total. The van der Waals surface area contributed by atoms with Crippen LogP contribution in [0.15, 0.2) is 42.5 Å². The van der Waals surface area contributed by atoms with Crippen LogP contribution in [0.1, 0.15) is 11.1 Å². The molecule has 0 aliphatic carbocycles. The van der Waals surface area contributed by atoms with Gasteiger partial charge in [-0.3, -0.25) is 9.59 Å². The summed E-state index contributed by atoms with van der Waals surface area (Å²) < 4.78 is 15.5. The molecule has 6 nitrogen and oxygen atoms in total. The predicted octanol–water partition coefficient (Wildman–Crippen LogP) is 2.80. The molecule has 0 spiro atoms. The highest BCUT2D eigenvalue weighted by Gasteiger charge is 2.12. The molecule has 144 valence electrons. The highest BCUT2D eigenvalue weighted by molar-refractivity contribution is 6.30. The Morgan fingerprint density at radius 1 is 1.00 bits per heavy atom. The summed E-state index contributed by atoms with van der Waals surface area (Å²) in [6, 6.07) is 12.6. The number of benzene rings is 2. The van der Waals surface area contributed by atoms with Crippen LogP contribution >= 0.6 is 11.6 Å². The Morgan fingerprint density at radius 3 is 2.44 bits per heavy atom. The Hall–Kier alpha value is -2.73. The highest BCUT2D eigenvalue weighted by atomic mass is 35.5. The van der Waals surface area contributed by atoms with E-state index in [1.54, 1.807) is 25.3 Å². The first-order chi connectivity index (χ1) is 13.0. The van der Waals surface area contributed by atoms with Crippen molar-refractivity contribution < 1.29 is 23.8 Å². The Balaban J connectivity index is 1.75. The van der Waals surface area contributed by atoms with Crippen molar-refractivity contribution in [1.82, 2.24) is 5.32 Å². The Bertz CT molecular complexity index is 794. The lowest BCUT2D eigenvalue weighted by Crippen LogP contribution is -2.30. The monoisotopic (exact) mass is 391 g/mol. The number of hydrogen-bond donors (Lipinski definition) is 1. The van der Waals surface area contributed by atoms with Crippen LogP contribution in [0.2, 0.25) is 5.02 Å². The zero-order chi connectivity index (χ0) is 19.6. The molecule has 7 heteroatoms. The molecule has 0 aliphatic heterocycles. The van der Waals surface area contributed by atoms with Crippen molar-refractivity contribution in [3.8, 4) is 11.5 Å². The lowest BCUT2D eigenvalue weighted by Gasteiger charge is -2.10. The van der Waals surface area contributed by atoms with Crippen molar-refractivity contribution >= 4 is 23.5 Å². The van der Waals surface area contributed by atoms with E-state index in [0.29, 0.717) is 29.3 Å². The third kappa shape index (κ3) is 6.49. The third-order valence-electron chi connectivity index (χ3n) is 3.85. The van der Waals surface area contributed by atoms with Crippen LogP contribution in [0, 0.1) is 0 Å². The minimum Gasteiger partial charge on any atom is -0.496 e. The highest BCUT2D eigenvalue weighted by Crippen LogP contribution is 2.23. The molecule has 0 unspecified atom stereocenters. The number of esters is 1. The van der Waals surface area contributed by atoms with Gasteiger partial charge in [-0.1, -0.05) is 29.8 Å². The molecule has 0 aromatic heterocycles. The number of rotatable bonds is 9.